The smallest absolute Gasteiger partial charge is 0.254 e. The molecule has 0 fully saturated rings. The van der Waals surface area contributed by atoms with E-state index in [9.17, 15) is 14.0 Å². The summed E-state index contributed by atoms with van der Waals surface area (Å²) in [4.78, 5) is 31.2. The molecule has 9 heteroatoms. The molecule has 0 atom stereocenters. The molecule has 0 aliphatic carbocycles. The molecular formula is C29H35FN2O5S. The van der Waals surface area contributed by atoms with Crippen molar-refractivity contribution in [3.05, 3.63) is 81.8 Å². The van der Waals surface area contributed by atoms with Crippen molar-refractivity contribution < 1.29 is 28.2 Å². The van der Waals surface area contributed by atoms with E-state index >= 15 is 0 Å². The molecule has 7 nitrogen and oxygen atoms in total. The quantitative estimate of drug-likeness (QED) is 0.252. The van der Waals surface area contributed by atoms with E-state index in [-0.39, 0.29) is 18.4 Å². The van der Waals surface area contributed by atoms with Gasteiger partial charge in [0.2, 0.25) is 5.91 Å². The van der Waals surface area contributed by atoms with Gasteiger partial charge in [-0.15, -0.1) is 11.3 Å². The molecule has 1 heterocycles. The largest absolute Gasteiger partial charge is 0.493 e. The van der Waals surface area contributed by atoms with Gasteiger partial charge < -0.3 is 24.0 Å². The first-order valence-corrected chi connectivity index (χ1v) is 13.5. The van der Waals surface area contributed by atoms with Crippen molar-refractivity contribution in [1.29, 1.82) is 0 Å². The monoisotopic (exact) mass is 542 g/mol. The van der Waals surface area contributed by atoms with Crippen molar-refractivity contribution in [3.63, 3.8) is 0 Å². The number of carbonyl (C=O) groups excluding carboxylic acids is 2. The topological polar surface area (TPSA) is 68.3 Å². The average Bonchev–Trinajstić information content (AvgIpc) is 3.45. The van der Waals surface area contributed by atoms with Crippen LogP contribution in [0.15, 0.2) is 60.0 Å². The minimum atomic E-state index is -0.419. The molecule has 204 valence electrons. The zero-order chi connectivity index (χ0) is 27.3. The highest BCUT2D eigenvalue weighted by Crippen LogP contribution is 2.28. The number of benzene rings is 2. The van der Waals surface area contributed by atoms with Crippen LogP contribution in [0.5, 0.6) is 11.5 Å². The number of nitrogens with zero attached hydrogens (tertiary/aromatic N) is 2. The van der Waals surface area contributed by atoms with Gasteiger partial charge in [0.15, 0.2) is 11.5 Å². The van der Waals surface area contributed by atoms with Crippen LogP contribution in [0, 0.1) is 5.82 Å². The second kappa shape index (κ2) is 15.1. The van der Waals surface area contributed by atoms with Gasteiger partial charge in [-0.25, -0.2) is 4.39 Å². The Morgan fingerprint density at radius 3 is 2.37 bits per heavy atom. The maximum atomic E-state index is 13.6. The van der Waals surface area contributed by atoms with Gasteiger partial charge in [-0.2, -0.15) is 0 Å². The van der Waals surface area contributed by atoms with E-state index in [0.717, 1.165) is 10.4 Å². The predicted molar refractivity (Wildman–Crippen MR) is 146 cm³/mol. The molecule has 38 heavy (non-hydrogen) atoms. The average molecular weight is 543 g/mol. The standard InChI is InChI=1S/C29H35FN2O5S/c1-4-37-17-6-15-32(29(34)23-9-11-24(30)12-10-23)21-28(33)31(20-25-7-5-18-38-25)16-14-22-8-13-26(35-2)27(19-22)36-3/h5,7-13,18-19H,4,6,14-17,20-21H2,1-3H3. The summed E-state index contributed by atoms with van der Waals surface area (Å²) in [6.45, 7) is 4.15. The molecule has 0 spiro atoms. The molecule has 0 aliphatic heterocycles. The Morgan fingerprint density at radius 2 is 1.71 bits per heavy atom. The van der Waals surface area contributed by atoms with E-state index in [4.69, 9.17) is 14.2 Å². The lowest BCUT2D eigenvalue weighted by atomic mass is 10.1. The molecule has 0 aliphatic rings. The summed E-state index contributed by atoms with van der Waals surface area (Å²) in [5, 5.41) is 1.98. The number of methoxy groups -OCH3 is 2. The van der Waals surface area contributed by atoms with Crippen LogP contribution in [0.3, 0.4) is 0 Å². The van der Waals surface area contributed by atoms with Gasteiger partial charge in [0.25, 0.3) is 5.91 Å². The zero-order valence-electron chi connectivity index (χ0n) is 22.2. The predicted octanol–water partition coefficient (Wildman–Crippen LogP) is 5.04. The zero-order valence-corrected chi connectivity index (χ0v) is 23.0. The molecule has 0 saturated heterocycles. The SMILES string of the molecule is CCOCCCN(CC(=O)N(CCc1ccc(OC)c(OC)c1)Cc1cccs1)C(=O)c1ccc(F)cc1. The summed E-state index contributed by atoms with van der Waals surface area (Å²) in [6.07, 6.45) is 1.19. The first-order valence-electron chi connectivity index (χ1n) is 12.6. The summed E-state index contributed by atoms with van der Waals surface area (Å²) in [5.74, 6) is 0.380. The summed E-state index contributed by atoms with van der Waals surface area (Å²) in [6, 6.07) is 15.0. The van der Waals surface area contributed by atoms with Crippen LogP contribution in [0.2, 0.25) is 0 Å². The van der Waals surface area contributed by atoms with E-state index < -0.39 is 5.82 Å². The van der Waals surface area contributed by atoms with E-state index in [0.29, 0.717) is 62.8 Å². The fraction of sp³-hybridized carbons (Fsp3) is 0.379. The molecular weight excluding hydrogens is 507 g/mol. The second-order valence-corrected chi connectivity index (χ2v) is 9.65. The van der Waals surface area contributed by atoms with Crippen molar-refractivity contribution in [1.82, 2.24) is 9.80 Å². The molecule has 0 radical (unpaired) electrons. The number of hydrogen-bond donors (Lipinski definition) is 0. The van der Waals surface area contributed by atoms with Crippen LogP contribution in [-0.4, -0.2) is 68.7 Å². The summed E-state index contributed by atoms with van der Waals surface area (Å²) in [7, 11) is 3.18. The minimum absolute atomic E-state index is 0.0837. The van der Waals surface area contributed by atoms with Crippen LogP contribution in [0.4, 0.5) is 4.39 Å². The number of amides is 2. The lowest BCUT2D eigenvalue weighted by Crippen LogP contribution is -2.44. The summed E-state index contributed by atoms with van der Waals surface area (Å²) in [5.41, 5.74) is 1.34. The number of thiophene rings is 1. The third kappa shape index (κ3) is 8.56. The second-order valence-electron chi connectivity index (χ2n) is 8.62. The third-order valence-electron chi connectivity index (χ3n) is 6.02. The molecule has 0 bridgehead atoms. The number of carbonyl (C=O) groups is 2. The molecule has 0 unspecified atom stereocenters. The van der Waals surface area contributed by atoms with Crippen LogP contribution < -0.4 is 9.47 Å². The van der Waals surface area contributed by atoms with Gasteiger partial charge in [0, 0.05) is 36.7 Å². The van der Waals surface area contributed by atoms with Crippen molar-refractivity contribution in [2.45, 2.75) is 26.3 Å². The highest BCUT2D eigenvalue weighted by Gasteiger charge is 2.23. The lowest BCUT2D eigenvalue weighted by molar-refractivity contribution is -0.132. The fourth-order valence-corrected chi connectivity index (χ4v) is 4.69. The van der Waals surface area contributed by atoms with E-state index in [1.165, 1.54) is 29.2 Å². The van der Waals surface area contributed by atoms with Gasteiger partial charge in [-0.3, -0.25) is 9.59 Å². The molecule has 0 saturated carbocycles. The third-order valence-corrected chi connectivity index (χ3v) is 6.88. The van der Waals surface area contributed by atoms with Gasteiger partial charge >= 0.3 is 0 Å². The molecule has 1 aromatic heterocycles. The molecule has 3 rings (SSSR count). The lowest BCUT2D eigenvalue weighted by Gasteiger charge is -2.28. The Morgan fingerprint density at radius 1 is 0.947 bits per heavy atom. The van der Waals surface area contributed by atoms with Gasteiger partial charge in [-0.05, 0) is 73.2 Å². The van der Waals surface area contributed by atoms with Crippen LogP contribution in [0.25, 0.3) is 0 Å². The number of rotatable bonds is 15. The maximum Gasteiger partial charge on any atom is 0.254 e. The van der Waals surface area contributed by atoms with Crippen LogP contribution >= 0.6 is 11.3 Å². The Kier molecular flexibility index (Phi) is 11.6. The highest BCUT2D eigenvalue weighted by atomic mass is 32.1. The van der Waals surface area contributed by atoms with Gasteiger partial charge in [-0.1, -0.05) is 12.1 Å². The Bertz CT molecular complexity index is 1150. The van der Waals surface area contributed by atoms with Crippen molar-refractivity contribution >= 4 is 23.2 Å². The number of halogens is 1. The van der Waals surface area contributed by atoms with Crippen molar-refractivity contribution in [2.24, 2.45) is 0 Å². The summed E-state index contributed by atoms with van der Waals surface area (Å²) >= 11 is 1.58. The first-order chi connectivity index (χ1) is 18.4. The Labute approximate surface area is 227 Å². The Hall–Kier alpha value is -3.43. The fourth-order valence-electron chi connectivity index (χ4n) is 3.98. The van der Waals surface area contributed by atoms with Gasteiger partial charge in [0.1, 0.15) is 12.4 Å². The molecule has 2 amide bonds. The minimum Gasteiger partial charge on any atom is -0.493 e. The highest BCUT2D eigenvalue weighted by molar-refractivity contribution is 7.09. The van der Waals surface area contributed by atoms with E-state index in [2.05, 4.69) is 0 Å². The summed E-state index contributed by atoms with van der Waals surface area (Å²) < 4.78 is 29.6. The number of hydrogen-bond acceptors (Lipinski definition) is 6. The molecule has 2 aromatic carbocycles. The van der Waals surface area contributed by atoms with Gasteiger partial charge in [0.05, 0.1) is 20.8 Å². The molecule has 3 aromatic rings. The normalized spacial score (nSPS) is 10.7. The van der Waals surface area contributed by atoms with Crippen LogP contribution in [-0.2, 0) is 22.5 Å². The maximum absolute atomic E-state index is 13.6. The van der Waals surface area contributed by atoms with Crippen molar-refractivity contribution in [3.8, 4) is 11.5 Å². The first kappa shape index (κ1) is 29.1. The Balaban J connectivity index is 1.76. The van der Waals surface area contributed by atoms with E-state index in [1.54, 1.807) is 30.5 Å². The van der Waals surface area contributed by atoms with Crippen LogP contribution in [0.1, 0.15) is 34.1 Å². The molecule has 0 N–H and O–H groups in total. The van der Waals surface area contributed by atoms with E-state index in [1.807, 2.05) is 42.6 Å². The van der Waals surface area contributed by atoms with Crippen molar-refractivity contribution in [2.75, 3.05) is 47.1 Å². The number of ether oxygens (including phenoxy) is 3.